The molecule has 7 heteroatoms. The van der Waals surface area contributed by atoms with E-state index in [2.05, 4.69) is 35.3 Å². The molecule has 0 aliphatic rings. The fraction of sp³-hybridized carbons (Fsp3) is 0.227. The lowest BCUT2D eigenvalue weighted by Crippen LogP contribution is -2.17. The van der Waals surface area contributed by atoms with Gasteiger partial charge in [-0.3, -0.25) is 4.79 Å². The van der Waals surface area contributed by atoms with Gasteiger partial charge in [0.15, 0.2) is 0 Å². The molecular formula is C22H22N4O2S. The van der Waals surface area contributed by atoms with Crippen LogP contribution in [0.4, 0.5) is 5.82 Å². The fourth-order valence-corrected chi connectivity index (χ4v) is 4.09. The predicted octanol–water partition coefficient (Wildman–Crippen LogP) is 4.60. The Bertz CT molecular complexity index is 1210. The van der Waals surface area contributed by atoms with Crippen molar-refractivity contribution in [1.29, 1.82) is 0 Å². The number of aryl methyl sites for hydroxylation is 3. The second kappa shape index (κ2) is 7.67. The van der Waals surface area contributed by atoms with Crippen LogP contribution in [0.25, 0.3) is 15.3 Å². The van der Waals surface area contributed by atoms with Gasteiger partial charge in [0.25, 0.3) is 0 Å². The molecule has 0 saturated heterocycles. The number of nitrogens with one attached hydrogen (secondary N) is 1. The number of nitrogens with zero attached hydrogens (tertiary/aromatic N) is 3. The van der Waals surface area contributed by atoms with E-state index in [1.165, 1.54) is 22.5 Å². The number of anilines is 1. The van der Waals surface area contributed by atoms with Crippen molar-refractivity contribution in [3.8, 4) is 10.9 Å². The molecule has 0 spiro atoms. The van der Waals surface area contributed by atoms with Crippen molar-refractivity contribution in [2.24, 2.45) is 0 Å². The number of rotatable bonds is 5. The lowest BCUT2D eigenvalue weighted by Gasteiger charge is -2.08. The summed E-state index contributed by atoms with van der Waals surface area (Å²) >= 11 is 1.50. The van der Waals surface area contributed by atoms with Crippen LogP contribution in [0.3, 0.4) is 0 Å². The van der Waals surface area contributed by atoms with Crippen LogP contribution in [0.5, 0.6) is 5.75 Å². The van der Waals surface area contributed by atoms with E-state index in [9.17, 15) is 4.79 Å². The normalized spacial score (nSPS) is 11.0. The van der Waals surface area contributed by atoms with Crippen molar-refractivity contribution in [3.05, 3.63) is 64.8 Å². The number of thiazole rings is 1. The van der Waals surface area contributed by atoms with Gasteiger partial charge in [0, 0.05) is 6.07 Å². The Hall–Kier alpha value is -3.19. The number of ether oxygens (including phenoxy) is 1. The minimum absolute atomic E-state index is 0.0859. The minimum atomic E-state index is -0.0859. The monoisotopic (exact) mass is 406 g/mol. The second-order valence-corrected chi connectivity index (χ2v) is 8.07. The summed E-state index contributed by atoms with van der Waals surface area (Å²) in [5, 5.41) is 8.20. The Labute approximate surface area is 173 Å². The average molecular weight is 407 g/mol. The molecule has 2 aromatic carbocycles. The summed E-state index contributed by atoms with van der Waals surface area (Å²) in [7, 11) is 1.64. The molecule has 4 rings (SSSR count). The highest BCUT2D eigenvalue weighted by Gasteiger charge is 2.15. The summed E-state index contributed by atoms with van der Waals surface area (Å²) in [5.74, 6) is 1.31. The number of carbonyl (C=O) groups excluding carboxylic acids is 1. The number of hydrogen-bond acceptors (Lipinski definition) is 5. The van der Waals surface area contributed by atoms with Crippen molar-refractivity contribution in [1.82, 2.24) is 14.8 Å². The van der Waals surface area contributed by atoms with E-state index < -0.39 is 0 Å². The molecule has 0 fully saturated rings. The molecule has 0 atom stereocenters. The van der Waals surface area contributed by atoms with Crippen LogP contribution in [-0.2, 0) is 11.2 Å². The van der Waals surface area contributed by atoms with Gasteiger partial charge in [-0.2, -0.15) is 9.78 Å². The van der Waals surface area contributed by atoms with Crippen LogP contribution in [0, 0.1) is 20.8 Å². The number of carbonyl (C=O) groups is 1. The topological polar surface area (TPSA) is 69.0 Å². The van der Waals surface area contributed by atoms with Crippen LogP contribution in [0.1, 0.15) is 22.4 Å². The van der Waals surface area contributed by atoms with Gasteiger partial charge < -0.3 is 10.1 Å². The highest BCUT2D eigenvalue weighted by Crippen LogP contribution is 2.30. The highest BCUT2D eigenvalue weighted by molar-refractivity contribution is 7.20. The summed E-state index contributed by atoms with van der Waals surface area (Å²) in [6, 6.07) is 13.7. The van der Waals surface area contributed by atoms with Crippen molar-refractivity contribution in [2.45, 2.75) is 27.2 Å². The predicted molar refractivity (Wildman–Crippen MR) is 116 cm³/mol. The zero-order valence-electron chi connectivity index (χ0n) is 16.8. The first-order valence-electron chi connectivity index (χ1n) is 9.30. The third kappa shape index (κ3) is 4.00. The molecule has 0 aliphatic heterocycles. The molecule has 0 unspecified atom stereocenters. The Morgan fingerprint density at radius 2 is 1.93 bits per heavy atom. The molecule has 0 radical (unpaired) electrons. The number of amides is 1. The molecule has 0 saturated carbocycles. The summed E-state index contributed by atoms with van der Waals surface area (Å²) in [4.78, 5) is 17.3. The number of fused-ring (bicyclic) bond motifs is 1. The van der Waals surface area contributed by atoms with Gasteiger partial charge in [0.2, 0.25) is 11.0 Å². The van der Waals surface area contributed by atoms with Gasteiger partial charge >= 0.3 is 0 Å². The maximum Gasteiger partial charge on any atom is 0.229 e. The maximum absolute atomic E-state index is 12.6. The van der Waals surface area contributed by atoms with Crippen molar-refractivity contribution < 1.29 is 9.53 Å². The zero-order chi connectivity index (χ0) is 20.5. The Kier molecular flexibility index (Phi) is 5.07. The summed E-state index contributed by atoms with van der Waals surface area (Å²) in [5.41, 5.74) is 5.06. The molecule has 2 aromatic heterocycles. The van der Waals surface area contributed by atoms with Crippen LogP contribution in [-0.4, -0.2) is 27.8 Å². The summed E-state index contributed by atoms with van der Waals surface area (Å²) in [6.07, 6.45) is 0.308. The largest absolute Gasteiger partial charge is 0.497 e. The SMILES string of the molecule is COc1ccc2nc(-n3nc(C)cc3NC(=O)Cc3ccc(C)c(C)c3)sc2c1. The first-order chi connectivity index (χ1) is 13.9. The zero-order valence-corrected chi connectivity index (χ0v) is 17.6. The fourth-order valence-electron chi connectivity index (χ4n) is 3.13. The molecule has 6 nitrogen and oxygen atoms in total. The molecule has 0 aliphatic carbocycles. The third-order valence-corrected chi connectivity index (χ3v) is 5.79. The number of aromatic nitrogens is 3. The van der Waals surface area contributed by atoms with Crippen LogP contribution in [0.15, 0.2) is 42.5 Å². The van der Waals surface area contributed by atoms with Gasteiger partial charge in [0.1, 0.15) is 11.6 Å². The Morgan fingerprint density at radius 1 is 1.10 bits per heavy atom. The molecule has 148 valence electrons. The molecule has 1 amide bonds. The van der Waals surface area contributed by atoms with Crippen molar-refractivity contribution in [2.75, 3.05) is 12.4 Å². The van der Waals surface area contributed by atoms with Crippen LogP contribution in [0.2, 0.25) is 0 Å². The Balaban J connectivity index is 1.59. The lowest BCUT2D eigenvalue weighted by atomic mass is 10.0. The van der Waals surface area contributed by atoms with Crippen molar-refractivity contribution >= 4 is 33.3 Å². The molecule has 2 heterocycles. The van der Waals surface area contributed by atoms with Gasteiger partial charge in [0.05, 0.1) is 29.4 Å². The quantitative estimate of drug-likeness (QED) is 0.526. The highest BCUT2D eigenvalue weighted by atomic mass is 32.1. The third-order valence-electron chi connectivity index (χ3n) is 4.80. The summed E-state index contributed by atoms with van der Waals surface area (Å²) < 4.78 is 7.97. The maximum atomic E-state index is 12.6. The van der Waals surface area contributed by atoms with E-state index >= 15 is 0 Å². The molecule has 4 aromatic rings. The lowest BCUT2D eigenvalue weighted by molar-refractivity contribution is -0.115. The average Bonchev–Trinajstić information content (AvgIpc) is 3.26. The molecule has 1 N–H and O–H groups in total. The Morgan fingerprint density at radius 3 is 2.69 bits per heavy atom. The smallest absolute Gasteiger partial charge is 0.229 e. The molecular weight excluding hydrogens is 384 g/mol. The standard InChI is InChI=1S/C22H22N4O2S/c1-13-5-6-16(9-14(13)2)11-21(27)24-20-10-15(3)25-26(20)22-23-18-8-7-17(28-4)12-19(18)29-22/h5-10,12H,11H2,1-4H3,(H,24,27). The van der Waals surface area contributed by atoms with Gasteiger partial charge in [-0.05, 0) is 55.7 Å². The van der Waals surface area contributed by atoms with Crippen molar-refractivity contribution in [3.63, 3.8) is 0 Å². The van der Waals surface area contributed by atoms with E-state index in [-0.39, 0.29) is 5.91 Å². The van der Waals surface area contributed by atoms with Gasteiger partial charge in [-0.15, -0.1) is 0 Å². The van der Waals surface area contributed by atoms with E-state index in [1.54, 1.807) is 11.8 Å². The second-order valence-electron chi connectivity index (χ2n) is 7.06. The van der Waals surface area contributed by atoms with E-state index in [0.29, 0.717) is 17.4 Å². The van der Waals surface area contributed by atoms with E-state index in [0.717, 1.165) is 27.2 Å². The molecule has 0 bridgehead atoms. The van der Waals surface area contributed by atoms with E-state index in [1.807, 2.05) is 43.3 Å². The van der Waals surface area contributed by atoms with Crippen LogP contribution >= 0.6 is 11.3 Å². The molecule has 29 heavy (non-hydrogen) atoms. The number of hydrogen-bond donors (Lipinski definition) is 1. The minimum Gasteiger partial charge on any atom is -0.497 e. The van der Waals surface area contributed by atoms with E-state index in [4.69, 9.17) is 4.74 Å². The number of methoxy groups -OCH3 is 1. The van der Waals surface area contributed by atoms with Gasteiger partial charge in [-0.25, -0.2) is 4.98 Å². The van der Waals surface area contributed by atoms with Crippen LogP contribution < -0.4 is 10.1 Å². The summed E-state index contributed by atoms with van der Waals surface area (Å²) in [6.45, 7) is 6.01. The van der Waals surface area contributed by atoms with Gasteiger partial charge in [-0.1, -0.05) is 29.5 Å². The first kappa shape index (κ1) is 19.1. The first-order valence-corrected chi connectivity index (χ1v) is 10.1. The number of benzene rings is 2.